The quantitative estimate of drug-likeness (QED) is 0.737. The lowest BCUT2D eigenvalue weighted by Crippen LogP contribution is -2.22. The number of benzene rings is 1. The van der Waals surface area contributed by atoms with E-state index >= 15 is 0 Å². The van der Waals surface area contributed by atoms with E-state index in [1.807, 2.05) is 6.07 Å². The fourth-order valence-electron chi connectivity index (χ4n) is 3.23. The van der Waals surface area contributed by atoms with E-state index in [1.54, 1.807) is 6.07 Å². The predicted octanol–water partition coefficient (Wildman–Crippen LogP) is 2.64. The molecule has 2 nitrogen and oxygen atoms in total. The number of rotatable bonds is 1. The van der Waals surface area contributed by atoms with Gasteiger partial charge in [0.25, 0.3) is 0 Å². The summed E-state index contributed by atoms with van der Waals surface area (Å²) in [5, 5.41) is 0. The normalized spacial score (nSPS) is 28.4. The number of para-hydroxylation sites is 1. The summed E-state index contributed by atoms with van der Waals surface area (Å²) in [6.45, 7) is 2.11. The lowest BCUT2D eigenvalue weighted by Gasteiger charge is -2.21. The van der Waals surface area contributed by atoms with Gasteiger partial charge in [-0.15, -0.1) is 0 Å². The number of nitrogens with two attached hydrogens (primary N) is 1. The van der Waals surface area contributed by atoms with Crippen molar-refractivity contribution in [3.05, 3.63) is 24.0 Å². The zero-order valence-electron chi connectivity index (χ0n) is 9.32. The topological polar surface area (TPSA) is 29.3 Å². The molecule has 1 aromatic carbocycles. The number of anilines is 2. The summed E-state index contributed by atoms with van der Waals surface area (Å²) in [6.07, 6.45) is 4.02. The first-order valence-electron chi connectivity index (χ1n) is 6.04. The van der Waals surface area contributed by atoms with Gasteiger partial charge in [0.1, 0.15) is 5.82 Å². The van der Waals surface area contributed by atoms with E-state index in [0.29, 0.717) is 5.69 Å². The summed E-state index contributed by atoms with van der Waals surface area (Å²) in [5.41, 5.74) is 6.99. The SMILES string of the molecule is Nc1c(F)cccc1N1CC2CCCC2C1. The Morgan fingerprint density at radius 2 is 1.88 bits per heavy atom. The average Bonchev–Trinajstić information content (AvgIpc) is 2.81. The minimum absolute atomic E-state index is 0.297. The molecule has 0 bridgehead atoms. The highest BCUT2D eigenvalue weighted by Crippen LogP contribution is 2.41. The molecule has 2 unspecified atom stereocenters. The number of nitrogens with zero attached hydrogens (tertiary/aromatic N) is 1. The zero-order chi connectivity index (χ0) is 11.1. The standard InChI is InChI=1S/C13H17FN2/c14-11-5-2-6-12(13(11)15)16-7-9-3-1-4-10(9)8-16/h2,5-6,9-10H,1,3-4,7-8,15H2. The Bertz CT molecular complexity index is 393. The van der Waals surface area contributed by atoms with Crippen LogP contribution in [0.5, 0.6) is 0 Å². The summed E-state index contributed by atoms with van der Waals surface area (Å²) < 4.78 is 13.4. The second-order valence-electron chi connectivity index (χ2n) is 5.03. The maximum Gasteiger partial charge on any atom is 0.148 e. The van der Waals surface area contributed by atoms with Crippen LogP contribution in [0.2, 0.25) is 0 Å². The molecule has 2 fully saturated rings. The molecule has 3 heteroatoms. The molecule has 2 N–H and O–H groups in total. The van der Waals surface area contributed by atoms with Crippen LogP contribution in [0.1, 0.15) is 19.3 Å². The van der Waals surface area contributed by atoms with Crippen molar-refractivity contribution in [2.24, 2.45) is 11.8 Å². The van der Waals surface area contributed by atoms with Gasteiger partial charge in [0.05, 0.1) is 11.4 Å². The Hall–Kier alpha value is -1.25. The van der Waals surface area contributed by atoms with Crippen LogP contribution < -0.4 is 10.6 Å². The molecule has 0 radical (unpaired) electrons. The number of hydrogen-bond acceptors (Lipinski definition) is 2. The van der Waals surface area contributed by atoms with Crippen LogP contribution in [0, 0.1) is 17.7 Å². The molecule has 2 atom stereocenters. The Morgan fingerprint density at radius 1 is 1.19 bits per heavy atom. The molecule has 2 aliphatic rings. The summed E-state index contributed by atoms with van der Waals surface area (Å²) in [7, 11) is 0. The summed E-state index contributed by atoms with van der Waals surface area (Å²) >= 11 is 0. The van der Waals surface area contributed by atoms with Gasteiger partial charge in [-0.1, -0.05) is 12.5 Å². The van der Waals surface area contributed by atoms with Crippen molar-refractivity contribution in [2.45, 2.75) is 19.3 Å². The zero-order valence-corrected chi connectivity index (χ0v) is 9.32. The van der Waals surface area contributed by atoms with Crippen LogP contribution in [0.4, 0.5) is 15.8 Å². The summed E-state index contributed by atoms with van der Waals surface area (Å²) in [6, 6.07) is 5.10. The van der Waals surface area contributed by atoms with Crippen molar-refractivity contribution in [1.82, 2.24) is 0 Å². The van der Waals surface area contributed by atoms with Gasteiger partial charge in [-0.05, 0) is 36.8 Å². The first kappa shape index (κ1) is 9.94. The van der Waals surface area contributed by atoms with Gasteiger partial charge in [0.2, 0.25) is 0 Å². The van der Waals surface area contributed by atoms with Crippen molar-refractivity contribution in [1.29, 1.82) is 0 Å². The Balaban J connectivity index is 1.86. The molecule has 1 saturated heterocycles. The van der Waals surface area contributed by atoms with E-state index < -0.39 is 0 Å². The Morgan fingerprint density at radius 3 is 2.56 bits per heavy atom. The predicted molar refractivity (Wildman–Crippen MR) is 63.9 cm³/mol. The second kappa shape index (κ2) is 3.65. The number of fused-ring (bicyclic) bond motifs is 1. The molecule has 1 saturated carbocycles. The van der Waals surface area contributed by atoms with E-state index in [-0.39, 0.29) is 5.82 Å². The molecule has 0 aromatic heterocycles. The first-order chi connectivity index (χ1) is 7.75. The van der Waals surface area contributed by atoms with Gasteiger partial charge in [0, 0.05) is 13.1 Å². The van der Waals surface area contributed by atoms with Crippen LogP contribution in [-0.4, -0.2) is 13.1 Å². The molecule has 1 aromatic rings. The molecule has 1 aliphatic carbocycles. The van der Waals surface area contributed by atoms with Gasteiger partial charge < -0.3 is 10.6 Å². The molecule has 1 heterocycles. The summed E-state index contributed by atoms with van der Waals surface area (Å²) in [5.74, 6) is 1.32. The lowest BCUT2D eigenvalue weighted by atomic mass is 10.0. The maximum atomic E-state index is 13.4. The minimum Gasteiger partial charge on any atom is -0.395 e. The highest BCUT2D eigenvalue weighted by molar-refractivity contribution is 5.68. The van der Waals surface area contributed by atoms with E-state index in [2.05, 4.69) is 4.90 Å². The van der Waals surface area contributed by atoms with Crippen LogP contribution >= 0.6 is 0 Å². The van der Waals surface area contributed by atoms with Crippen molar-refractivity contribution >= 4 is 11.4 Å². The average molecular weight is 220 g/mol. The molecule has 0 amide bonds. The Labute approximate surface area is 95.2 Å². The number of hydrogen-bond donors (Lipinski definition) is 1. The van der Waals surface area contributed by atoms with Crippen LogP contribution in [0.3, 0.4) is 0 Å². The Kier molecular flexibility index (Phi) is 2.27. The van der Waals surface area contributed by atoms with Crippen molar-refractivity contribution < 1.29 is 4.39 Å². The third-order valence-electron chi connectivity index (χ3n) is 4.10. The molecule has 16 heavy (non-hydrogen) atoms. The highest BCUT2D eigenvalue weighted by atomic mass is 19.1. The van der Waals surface area contributed by atoms with Crippen molar-refractivity contribution in [3.8, 4) is 0 Å². The minimum atomic E-state index is -0.297. The molecule has 1 aliphatic heterocycles. The third-order valence-corrected chi connectivity index (χ3v) is 4.10. The monoisotopic (exact) mass is 220 g/mol. The van der Waals surface area contributed by atoms with Gasteiger partial charge in [-0.25, -0.2) is 4.39 Å². The molecular formula is C13H17FN2. The number of nitrogen functional groups attached to an aromatic ring is 1. The third kappa shape index (κ3) is 1.46. The van der Waals surface area contributed by atoms with E-state index in [1.165, 1.54) is 25.3 Å². The fraction of sp³-hybridized carbons (Fsp3) is 0.538. The largest absolute Gasteiger partial charge is 0.395 e. The number of halogens is 1. The van der Waals surface area contributed by atoms with Gasteiger partial charge in [0.15, 0.2) is 0 Å². The smallest absolute Gasteiger partial charge is 0.148 e. The molecule has 3 rings (SSSR count). The van der Waals surface area contributed by atoms with Crippen LogP contribution in [-0.2, 0) is 0 Å². The lowest BCUT2D eigenvalue weighted by molar-refractivity contribution is 0.494. The second-order valence-corrected chi connectivity index (χ2v) is 5.03. The van der Waals surface area contributed by atoms with Gasteiger partial charge in [-0.2, -0.15) is 0 Å². The fourth-order valence-corrected chi connectivity index (χ4v) is 3.23. The molecular weight excluding hydrogens is 203 g/mol. The van der Waals surface area contributed by atoms with E-state index in [9.17, 15) is 4.39 Å². The maximum absolute atomic E-state index is 13.4. The van der Waals surface area contributed by atoms with Crippen LogP contribution in [0.15, 0.2) is 18.2 Å². The van der Waals surface area contributed by atoms with E-state index in [0.717, 1.165) is 30.6 Å². The molecule has 86 valence electrons. The molecule has 0 spiro atoms. The van der Waals surface area contributed by atoms with Gasteiger partial charge >= 0.3 is 0 Å². The summed E-state index contributed by atoms with van der Waals surface area (Å²) in [4.78, 5) is 2.26. The van der Waals surface area contributed by atoms with Gasteiger partial charge in [-0.3, -0.25) is 0 Å². The van der Waals surface area contributed by atoms with Crippen LogP contribution in [0.25, 0.3) is 0 Å². The first-order valence-corrected chi connectivity index (χ1v) is 6.04. The van der Waals surface area contributed by atoms with Crippen molar-refractivity contribution in [2.75, 3.05) is 23.7 Å². The van der Waals surface area contributed by atoms with Crippen molar-refractivity contribution in [3.63, 3.8) is 0 Å². The highest BCUT2D eigenvalue weighted by Gasteiger charge is 2.36. The van der Waals surface area contributed by atoms with E-state index in [4.69, 9.17) is 5.73 Å².